The molecule has 2 aromatic carbocycles. The van der Waals surface area contributed by atoms with Crippen LogP contribution in [0.3, 0.4) is 0 Å². The highest BCUT2D eigenvalue weighted by Crippen LogP contribution is 2.60. The molecule has 9 nitrogen and oxygen atoms in total. The zero-order valence-electron chi connectivity index (χ0n) is 24.5. The van der Waals surface area contributed by atoms with Crippen molar-refractivity contribution >= 4 is 17.8 Å². The molecule has 0 unspecified atom stereocenters. The Hall–Kier alpha value is -3.24. The SMILES string of the molecule is COc1cccc(/C=C/C(=O)c2ccc(OCC(=O)N[C@@H]3O[C@@H]4O[C@@]5(C)CC[C@H]6[C@H](C)CC[C@@H]([C@H]3C)[C@@]46OO5)cc2)c1. The van der Waals surface area contributed by atoms with Crippen molar-refractivity contribution in [3.05, 3.63) is 65.7 Å². The number of allylic oxidation sites excluding steroid dienone is 1. The van der Waals surface area contributed by atoms with Gasteiger partial charge in [-0.15, -0.1) is 0 Å². The monoisotopic (exact) mass is 577 g/mol. The number of ether oxygens (including phenoxy) is 4. The third-order valence-corrected chi connectivity index (χ3v) is 9.49. The number of methoxy groups -OCH3 is 1. The van der Waals surface area contributed by atoms with Gasteiger partial charge in [0.25, 0.3) is 5.91 Å². The summed E-state index contributed by atoms with van der Waals surface area (Å²) >= 11 is 0. The van der Waals surface area contributed by atoms with Gasteiger partial charge in [0.05, 0.1) is 7.11 Å². The van der Waals surface area contributed by atoms with Gasteiger partial charge in [-0.05, 0) is 86.1 Å². The van der Waals surface area contributed by atoms with E-state index in [0.29, 0.717) is 17.2 Å². The van der Waals surface area contributed by atoms with Crippen LogP contribution in [-0.4, -0.2) is 49.3 Å². The van der Waals surface area contributed by atoms with Gasteiger partial charge in [-0.1, -0.05) is 32.1 Å². The lowest BCUT2D eigenvalue weighted by atomic mass is 9.58. The predicted molar refractivity (Wildman–Crippen MR) is 153 cm³/mol. The molecule has 0 aromatic heterocycles. The number of ketones is 1. The lowest BCUT2D eigenvalue weighted by molar-refractivity contribution is -0.571. The van der Waals surface area contributed by atoms with E-state index in [1.165, 1.54) is 6.08 Å². The highest BCUT2D eigenvalue weighted by atomic mass is 17.3. The summed E-state index contributed by atoms with van der Waals surface area (Å²) in [4.78, 5) is 37.6. The van der Waals surface area contributed by atoms with Crippen molar-refractivity contribution in [3.63, 3.8) is 0 Å². The van der Waals surface area contributed by atoms with Gasteiger partial charge in [-0.25, -0.2) is 9.78 Å². The lowest BCUT2D eigenvalue weighted by Gasteiger charge is -2.60. The standard InChI is InChI=1S/C33H39NO8/c1-20-8-14-27-21(2)30(39-31-33(27)26(20)16-17-32(3,40-31)41-42-33)34-29(36)19-38-24-12-10-23(11-13-24)28(35)15-9-22-6-5-7-25(18-22)37-4/h5-7,9-13,15,18,20-21,26-27,30-31H,8,14,16-17,19H2,1-4H3,(H,34,36)/b15-9+/t20-,21-,26+,27+,30-,31-,32-,33-/m1/s1. The molecule has 2 aromatic rings. The maximum absolute atomic E-state index is 13.0. The van der Waals surface area contributed by atoms with Crippen molar-refractivity contribution in [1.82, 2.24) is 5.32 Å². The van der Waals surface area contributed by atoms with Crippen molar-refractivity contribution in [3.8, 4) is 11.5 Å². The first kappa shape index (κ1) is 28.9. The van der Waals surface area contributed by atoms with Crippen LogP contribution in [0.15, 0.2) is 54.6 Å². The van der Waals surface area contributed by atoms with Crippen LogP contribution in [-0.2, 0) is 24.0 Å². The molecule has 8 atom stereocenters. The summed E-state index contributed by atoms with van der Waals surface area (Å²) in [6, 6.07) is 14.2. The van der Waals surface area contributed by atoms with Crippen molar-refractivity contribution in [1.29, 1.82) is 0 Å². The minimum atomic E-state index is -0.867. The molecule has 5 aliphatic rings. The van der Waals surface area contributed by atoms with Crippen LogP contribution >= 0.6 is 0 Å². The number of amides is 1. The van der Waals surface area contributed by atoms with Crippen LogP contribution in [0.25, 0.3) is 6.08 Å². The largest absolute Gasteiger partial charge is 0.497 e. The molecule has 42 heavy (non-hydrogen) atoms. The van der Waals surface area contributed by atoms with E-state index in [9.17, 15) is 9.59 Å². The Bertz CT molecular complexity index is 1340. The number of hydrogen-bond acceptors (Lipinski definition) is 8. The zero-order valence-corrected chi connectivity index (χ0v) is 24.5. The van der Waals surface area contributed by atoms with E-state index in [0.717, 1.165) is 37.0 Å². The molecule has 4 heterocycles. The van der Waals surface area contributed by atoms with Crippen LogP contribution in [0, 0.1) is 23.7 Å². The topological polar surface area (TPSA) is 102 Å². The van der Waals surface area contributed by atoms with E-state index in [1.54, 1.807) is 37.5 Å². The highest BCUT2D eigenvalue weighted by molar-refractivity contribution is 6.06. The summed E-state index contributed by atoms with van der Waals surface area (Å²) in [6.07, 6.45) is 5.82. The highest BCUT2D eigenvalue weighted by Gasteiger charge is 2.69. The molecule has 1 saturated carbocycles. The Morgan fingerprint density at radius 2 is 1.83 bits per heavy atom. The number of nitrogens with one attached hydrogen (secondary N) is 1. The molecule has 1 aliphatic carbocycles. The maximum Gasteiger partial charge on any atom is 0.259 e. The fraction of sp³-hybridized carbons (Fsp3) is 0.515. The second kappa shape index (κ2) is 11.4. The van der Waals surface area contributed by atoms with Crippen molar-refractivity contribution < 1.29 is 38.3 Å². The summed E-state index contributed by atoms with van der Waals surface area (Å²) in [7, 11) is 1.60. The number of hydrogen-bond donors (Lipinski definition) is 1. The lowest BCUT2D eigenvalue weighted by Crippen LogP contribution is -2.72. The van der Waals surface area contributed by atoms with Gasteiger partial charge in [0, 0.05) is 23.8 Å². The Kier molecular flexibility index (Phi) is 7.87. The van der Waals surface area contributed by atoms with E-state index in [2.05, 4.69) is 19.2 Å². The quantitative estimate of drug-likeness (QED) is 0.257. The van der Waals surface area contributed by atoms with E-state index in [-0.39, 0.29) is 36.1 Å². The molecule has 224 valence electrons. The Labute approximate surface area is 246 Å². The number of rotatable bonds is 8. The van der Waals surface area contributed by atoms with E-state index < -0.39 is 23.9 Å². The molecule has 2 bridgehead atoms. The van der Waals surface area contributed by atoms with Gasteiger partial charge in [0.1, 0.15) is 17.7 Å². The Morgan fingerprint density at radius 3 is 2.62 bits per heavy atom. The summed E-state index contributed by atoms with van der Waals surface area (Å²) in [5, 5.41) is 3.01. The molecule has 4 saturated heterocycles. The number of benzene rings is 2. The summed E-state index contributed by atoms with van der Waals surface area (Å²) in [6.45, 7) is 6.06. The average molecular weight is 578 g/mol. The molecular weight excluding hydrogens is 538 g/mol. The molecule has 7 rings (SSSR count). The van der Waals surface area contributed by atoms with E-state index in [1.807, 2.05) is 31.2 Å². The fourth-order valence-electron chi connectivity index (χ4n) is 7.15. The molecule has 1 N–H and O–H groups in total. The van der Waals surface area contributed by atoms with Crippen molar-refractivity contribution in [2.45, 2.75) is 70.4 Å². The Morgan fingerprint density at radius 1 is 1.02 bits per heavy atom. The Balaban J connectivity index is 1.05. The predicted octanol–water partition coefficient (Wildman–Crippen LogP) is 5.29. The first-order valence-corrected chi connectivity index (χ1v) is 14.8. The molecule has 4 aliphatic heterocycles. The zero-order chi connectivity index (χ0) is 29.5. The number of fused-ring (bicyclic) bond motifs is 2. The van der Waals surface area contributed by atoms with E-state index in [4.69, 9.17) is 28.7 Å². The normalized spacial score (nSPS) is 35.2. The van der Waals surface area contributed by atoms with Crippen molar-refractivity contribution in [2.24, 2.45) is 23.7 Å². The third kappa shape index (κ3) is 5.35. The number of carbonyl (C=O) groups excluding carboxylic acids is 2. The minimum absolute atomic E-state index is 0.00909. The van der Waals surface area contributed by atoms with Crippen LogP contribution in [0.2, 0.25) is 0 Å². The smallest absolute Gasteiger partial charge is 0.259 e. The van der Waals surface area contributed by atoms with Gasteiger partial charge < -0.3 is 24.3 Å². The van der Waals surface area contributed by atoms with Gasteiger partial charge in [-0.2, -0.15) is 0 Å². The van der Waals surface area contributed by atoms with Crippen LogP contribution in [0.5, 0.6) is 11.5 Å². The van der Waals surface area contributed by atoms with E-state index >= 15 is 0 Å². The minimum Gasteiger partial charge on any atom is -0.497 e. The average Bonchev–Trinajstić information content (AvgIpc) is 3.23. The molecular formula is C33H39NO8. The molecule has 5 fully saturated rings. The van der Waals surface area contributed by atoms with Gasteiger partial charge in [0.2, 0.25) is 5.79 Å². The first-order valence-electron chi connectivity index (χ1n) is 14.8. The second-order valence-electron chi connectivity index (χ2n) is 12.2. The summed E-state index contributed by atoms with van der Waals surface area (Å²) in [5.41, 5.74) is 0.709. The van der Waals surface area contributed by atoms with Crippen LogP contribution in [0.1, 0.15) is 62.4 Å². The first-order chi connectivity index (χ1) is 20.2. The van der Waals surface area contributed by atoms with Gasteiger partial charge in [-0.3, -0.25) is 9.59 Å². The second-order valence-corrected chi connectivity index (χ2v) is 12.2. The van der Waals surface area contributed by atoms with Crippen LogP contribution in [0.4, 0.5) is 0 Å². The van der Waals surface area contributed by atoms with Gasteiger partial charge in [0.15, 0.2) is 24.3 Å². The molecule has 1 amide bonds. The number of carbonyl (C=O) groups is 2. The summed E-state index contributed by atoms with van der Waals surface area (Å²) < 4.78 is 23.7. The summed E-state index contributed by atoms with van der Waals surface area (Å²) in [5.74, 6) is 0.754. The maximum atomic E-state index is 13.0. The third-order valence-electron chi connectivity index (χ3n) is 9.49. The van der Waals surface area contributed by atoms with Crippen molar-refractivity contribution in [2.75, 3.05) is 13.7 Å². The van der Waals surface area contributed by atoms with Crippen LogP contribution < -0.4 is 14.8 Å². The fourth-order valence-corrected chi connectivity index (χ4v) is 7.15. The molecule has 0 radical (unpaired) electrons. The molecule has 1 spiro atoms. The molecule has 9 heteroatoms. The van der Waals surface area contributed by atoms with Gasteiger partial charge >= 0.3 is 0 Å².